The minimum absolute atomic E-state index is 0.183. The highest BCUT2D eigenvalue weighted by molar-refractivity contribution is 7.09. The van der Waals surface area contributed by atoms with Gasteiger partial charge >= 0.3 is 0 Å². The molecule has 0 bridgehead atoms. The summed E-state index contributed by atoms with van der Waals surface area (Å²) in [6.45, 7) is 0.740. The van der Waals surface area contributed by atoms with E-state index >= 15 is 0 Å². The molecular formula is C13H12N4OS. The summed E-state index contributed by atoms with van der Waals surface area (Å²) in [5.74, 6) is 5.39. The number of pyridine rings is 1. The highest BCUT2D eigenvalue weighted by Crippen LogP contribution is 2.06. The molecule has 0 aromatic carbocycles. The van der Waals surface area contributed by atoms with Gasteiger partial charge in [0.2, 0.25) is 0 Å². The highest BCUT2D eigenvalue weighted by Gasteiger charge is 2.06. The van der Waals surface area contributed by atoms with Crippen molar-refractivity contribution in [2.45, 2.75) is 6.54 Å². The molecular weight excluding hydrogens is 260 g/mol. The van der Waals surface area contributed by atoms with Crippen molar-refractivity contribution in [3.63, 3.8) is 0 Å². The summed E-state index contributed by atoms with van der Waals surface area (Å²) < 4.78 is 0. The summed E-state index contributed by atoms with van der Waals surface area (Å²) in [5, 5.41) is 2.80. The van der Waals surface area contributed by atoms with Gasteiger partial charge < -0.3 is 11.1 Å². The molecule has 5 nitrogen and oxygen atoms in total. The number of carbonyl (C=O) groups is 1. The van der Waals surface area contributed by atoms with Crippen molar-refractivity contribution < 1.29 is 4.79 Å². The number of hydrogen-bond acceptors (Lipinski definition) is 5. The van der Waals surface area contributed by atoms with E-state index in [2.05, 4.69) is 27.1 Å². The zero-order chi connectivity index (χ0) is 13.5. The first-order valence-corrected chi connectivity index (χ1v) is 6.47. The van der Waals surface area contributed by atoms with Crippen molar-refractivity contribution in [3.8, 4) is 11.8 Å². The predicted octanol–water partition coefficient (Wildman–Crippen LogP) is 0.778. The number of carbonyl (C=O) groups excluding carboxylic acids is 1. The Morgan fingerprint density at radius 3 is 3.00 bits per heavy atom. The molecule has 2 heterocycles. The van der Waals surface area contributed by atoms with Gasteiger partial charge in [0.05, 0.1) is 24.2 Å². The van der Waals surface area contributed by atoms with Gasteiger partial charge in [0.25, 0.3) is 5.91 Å². The van der Waals surface area contributed by atoms with Crippen molar-refractivity contribution in [1.29, 1.82) is 0 Å². The summed E-state index contributed by atoms with van der Waals surface area (Å²) in [5.41, 5.74) is 8.18. The third kappa shape index (κ3) is 3.88. The Labute approximate surface area is 114 Å². The maximum absolute atomic E-state index is 11.9. The van der Waals surface area contributed by atoms with E-state index in [9.17, 15) is 4.79 Å². The predicted molar refractivity (Wildman–Crippen MR) is 73.5 cm³/mol. The van der Waals surface area contributed by atoms with Crippen molar-refractivity contribution in [2.24, 2.45) is 5.73 Å². The molecule has 0 aliphatic heterocycles. The van der Waals surface area contributed by atoms with Gasteiger partial charge in [-0.05, 0) is 6.07 Å². The Morgan fingerprint density at radius 1 is 1.37 bits per heavy atom. The van der Waals surface area contributed by atoms with Crippen LogP contribution in [-0.2, 0) is 6.54 Å². The summed E-state index contributed by atoms with van der Waals surface area (Å²) in [6.07, 6.45) is 4.84. The van der Waals surface area contributed by atoms with Crippen LogP contribution in [0.2, 0.25) is 0 Å². The van der Waals surface area contributed by atoms with Crippen LogP contribution in [0.5, 0.6) is 0 Å². The van der Waals surface area contributed by atoms with Crippen LogP contribution in [-0.4, -0.2) is 22.4 Å². The maximum Gasteiger partial charge on any atom is 0.253 e. The average molecular weight is 272 g/mol. The van der Waals surface area contributed by atoms with Crippen molar-refractivity contribution in [1.82, 2.24) is 15.3 Å². The average Bonchev–Trinajstić information content (AvgIpc) is 2.96. The van der Waals surface area contributed by atoms with Gasteiger partial charge in [-0.15, -0.1) is 11.3 Å². The van der Waals surface area contributed by atoms with E-state index in [1.165, 1.54) is 17.5 Å². The normalized spacial score (nSPS) is 9.53. The summed E-state index contributed by atoms with van der Waals surface area (Å²) >= 11 is 1.50. The van der Waals surface area contributed by atoms with Crippen molar-refractivity contribution in [3.05, 3.63) is 46.2 Å². The summed E-state index contributed by atoms with van der Waals surface area (Å²) in [6, 6.07) is 1.69. The molecule has 0 aliphatic carbocycles. The van der Waals surface area contributed by atoms with E-state index in [4.69, 9.17) is 5.73 Å². The molecule has 2 rings (SSSR count). The Hall–Kier alpha value is -2.23. The van der Waals surface area contributed by atoms with Crippen molar-refractivity contribution >= 4 is 17.2 Å². The molecule has 2 aromatic rings. The number of rotatable bonds is 3. The molecule has 1 amide bonds. The summed E-state index contributed by atoms with van der Waals surface area (Å²) in [4.78, 5) is 20.9. The second-order valence-electron chi connectivity index (χ2n) is 3.62. The lowest BCUT2D eigenvalue weighted by Gasteiger charge is -2.03. The Balaban J connectivity index is 2.02. The Morgan fingerprint density at radius 2 is 2.26 bits per heavy atom. The Kier molecular flexibility index (Phi) is 4.61. The second-order valence-corrected chi connectivity index (χ2v) is 4.59. The SMILES string of the molecule is NCC#Cc1cncc(C(=O)NCc2cncs2)c1. The smallest absolute Gasteiger partial charge is 0.253 e. The quantitative estimate of drug-likeness (QED) is 0.809. The Bertz CT molecular complexity index is 613. The van der Waals surface area contributed by atoms with Crippen LogP contribution in [0.3, 0.4) is 0 Å². The molecule has 0 atom stereocenters. The molecule has 2 aromatic heterocycles. The molecule has 6 heteroatoms. The maximum atomic E-state index is 11.9. The first-order valence-electron chi connectivity index (χ1n) is 5.59. The third-order valence-electron chi connectivity index (χ3n) is 2.24. The summed E-state index contributed by atoms with van der Waals surface area (Å²) in [7, 11) is 0. The number of nitrogens with zero attached hydrogens (tertiary/aromatic N) is 2. The van der Waals surface area contributed by atoms with Gasteiger partial charge in [-0.1, -0.05) is 11.8 Å². The zero-order valence-electron chi connectivity index (χ0n) is 10.1. The van der Waals surface area contributed by atoms with Crippen LogP contribution in [0, 0.1) is 11.8 Å². The fourth-order valence-corrected chi connectivity index (χ4v) is 1.92. The lowest BCUT2D eigenvalue weighted by molar-refractivity contribution is 0.0951. The molecule has 96 valence electrons. The molecule has 19 heavy (non-hydrogen) atoms. The van der Waals surface area contributed by atoms with Crippen LogP contribution in [0.15, 0.2) is 30.2 Å². The molecule has 0 radical (unpaired) electrons. The number of amides is 1. The standard InChI is InChI=1S/C13H12N4OS/c14-3-1-2-10-4-11(6-15-5-10)13(18)17-8-12-7-16-9-19-12/h4-7,9H,3,8,14H2,(H,17,18). The number of hydrogen-bond donors (Lipinski definition) is 2. The molecule has 0 fully saturated rings. The van der Waals surface area contributed by atoms with Gasteiger partial charge in [-0.3, -0.25) is 14.8 Å². The van der Waals surface area contributed by atoms with Crippen molar-refractivity contribution in [2.75, 3.05) is 6.54 Å². The third-order valence-corrected chi connectivity index (χ3v) is 3.02. The number of nitrogens with one attached hydrogen (secondary N) is 1. The van der Waals surface area contributed by atoms with Gasteiger partial charge in [-0.25, -0.2) is 0 Å². The molecule has 0 unspecified atom stereocenters. The zero-order valence-corrected chi connectivity index (χ0v) is 10.9. The van der Waals surface area contributed by atoms with E-state index in [-0.39, 0.29) is 12.5 Å². The van der Waals surface area contributed by atoms with Gasteiger partial charge in [0, 0.05) is 29.0 Å². The first-order chi connectivity index (χ1) is 9.29. The fraction of sp³-hybridized carbons (Fsp3) is 0.154. The number of thiazole rings is 1. The molecule has 0 aliphatic rings. The van der Waals surface area contributed by atoms with E-state index in [0.29, 0.717) is 17.7 Å². The first kappa shape index (κ1) is 13.2. The second kappa shape index (κ2) is 6.64. The van der Waals surface area contributed by atoms with E-state index in [1.807, 2.05) is 0 Å². The molecule has 3 N–H and O–H groups in total. The largest absolute Gasteiger partial charge is 0.347 e. The van der Waals surface area contributed by atoms with Crippen LogP contribution < -0.4 is 11.1 Å². The van der Waals surface area contributed by atoms with Gasteiger partial charge in [0.1, 0.15) is 0 Å². The van der Waals surface area contributed by atoms with Crippen LogP contribution >= 0.6 is 11.3 Å². The minimum Gasteiger partial charge on any atom is -0.347 e. The van der Waals surface area contributed by atoms with Crippen LogP contribution in [0.4, 0.5) is 0 Å². The van der Waals surface area contributed by atoms with E-state index in [0.717, 1.165) is 4.88 Å². The lowest BCUT2D eigenvalue weighted by Crippen LogP contribution is -2.22. The molecule has 0 saturated heterocycles. The molecule has 0 saturated carbocycles. The fourth-order valence-electron chi connectivity index (χ4n) is 1.38. The lowest BCUT2D eigenvalue weighted by atomic mass is 10.2. The topological polar surface area (TPSA) is 80.9 Å². The monoisotopic (exact) mass is 272 g/mol. The van der Waals surface area contributed by atoms with Crippen LogP contribution in [0.1, 0.15) is 20.8 Å². The van der Waals surface area contributed by atoms with E-state index < -0.39 is 0 Å². The van der Waals surface area contributed by atoms with Crippen LogP contribution in [0.25, 0.3) is 0 Å². The molecule has 0 spiro atoms. The van der Waals surface area contributed by atoms with Gasteiger partial charge in [0.15, 0.2) is 0 Å². The minimum atomic E-state index is -0.183. The number of nitrogens with two attached hydrogens (primary N) is 1. The van der Waals surface area contributed by atoms with E-state index in [1.54, 1.807) is 24.0 Å². The number of aromatic nitrogens is 2. The van der Waals surface area contributed by atoms with Gasteiger partial charge in [-0.2, -0.15) is 0 Å². The highest BCUT2D eigenvalue weighted by atomic mass is 32.1.